The number of amides is 1. The zero-order chi connectivity index (χ0) is 16.3. The lowest BCUT2D eigenvalue weighted by molar-refractivity contribution is -0.118. The SMILES string of the molecule is C[C@@H]1[C@H](C)CCC[C@@H]1N[C@@H](C)C(=O)Nc1ccc(F)cc1Cl. The average Bonchev–Trinajstić information content (AvgIpc) is 2.46. The van der Waals surface area contributed by atoms with E-state index in [1.54, 1.807) is 0 Å². The topological polar surface area (TPSA) is 41.1 Å². The first kappa shape index (κ1) is 17.2. The Labute approximate surface area is 136 Å². The van der Waals surface area contributed by atoms with Gasteiger partial charge in [0.15, 0.2) is 0 Å². The van der Waals surface area contributed by atoms with Gasteiger partial charge in [-0.15, -0.1) is 0 Å². The molecule has 0 bridgehead atoms. The van der Waals surface area contributed by atoms with Crippen LogP contribution in [0.15, 0.2) is 18.2 Å². The van der Waals surface area contributed by atoms with Gasteiger partial charge in [0.05, 0.1) is 16.8 Å². The van der Waals surface area contributed by atoms with Crippen LogP contribution in [0, 0.1) is 17.7 Å². The largest absolute Gasteiger partial charge is 0.323 e. The van der Waals surface area contributed by atoms with Crippen LogP contribution in [-0.2, 0) is 4.79 Å². The van der Waals surface area contributed by atoms with Crippen LogP contribution in [-0.4, -0.2) is 18.0 Å². The van der Waals surface area contributed by atoms with Crippen molar-refractivity contribution in [3.05, 3.63) is 29.0 Å². The van der Waals surface area contributed by atoms with Gasteiger partial charge in [0.1, 0.15) is 5.82 Å². The third kappa shape index (κ3) is 4.20. The second kappa shape index (κ2) is 7.42. The van der Waals surface area contributed by atoms with Crippen LogP contribution in [0.4, 0.5) is 10.1 Å². The molecule has 1 aliphatic rings. The molecule has 2 N–H and O–H groups in total. The first-order valence-electron chi connectivity index (χ1n) is 7.90. The number of anilines is 1. The summed E-state index contributed by atoms with van der Waals surface area (Å²) in [6.45, 7) is 6.35. The molecule has 1 amide bonds. The van der Waals surface area contributed by atoms with E-state index in [9.17, 15) is 9.18 Å². The molecular weight excluding hydrogens is 303 g/mol. The van der Waals surface area contributed by atoms with E-state index in [0.29, 0.717) is 23.6 Å². The van der Waals surface area contributed by atoms with E-state index in [1.807, 2.05) is 6.92 Å². The molecule has 1 saturated carbocycles. The second-order valence-corrected chi connectivity index (χ2v) is 6.78. The molecule has 1 fully saturated rings. The number of hydrogen-bond donors (Lipinski definition) is 2. The van der Waals surface area contributed by atoms with Crippen molar-refractivity contribution in [2.45, 2.75) is 52.1 Å². The second-order valence-electron chi connectivity index (χ2n) is 6.38. The lowest BCUT2D eigenvalue weighted by Crippen LogP contribution is -2.49. The van der Waals surface area contributed by atoms with Crippen LogP contribution in [0.3, 0.4) is 0 Å². The maximum absolute atomic E-state index is 13.0. The molecule has 5 heteroatoms. The lowest BCUT2D eigenvalue weighted by Gasteiger charge is -2.36. The maximum Gasteiger partial charge on any atom is 0.241 e. The zero-order valence-corrected chi connectivity index (χ0v) is 14.1. The summed E-state index contributed by atoms with van der Waals surface area (Å²) in [5.74, 6) is 0.657. The molecule has 1 aromatic rings. The normalized spacial score (nSPS) is 26.5. The molecule has 3 nitrogen and oxygen atoms in total. The molecule has 0 radical (unpaired) electrons. The molecular formula is C17H24ClFN2O. The van der Waals surface area contributed by atoms with E-state index >= 15 is 0 Å². The molecule has 4 atom stereocenters. The number of carbonyl (C=O) groups excluding carboxylic acids is 1. The summed E-state index contributed by atoms with van der Waals surface area (Å²) in [5.41, 5.74) is 0.437. The molecule has 0 spiro atoms. The number of benzene rings is 1. The molecule has 22 heavy (non-hydrogen) atoms. The number of hydrogen-bond acceptors (Lipinski definition) is 2. The fourth-order valence-corrected chi connectivity index (χ4v) is 3.26. The molecule has 0 saturated heterocycles. The van der Waals surface area contributed by atoms with Crippen LogP contribution < -0.4 is 10.6 Å². The fourth-order valence-electron chi connectivity index (χ4n) is 3.05. The number of rotatable bonds is 4. The highest BCUT2D eigenvalue weighted by Crippen LogP contribution is 2.30. The highest BCUT2D eigenvalue weighted by Gasteiger charge is 2.29. The number of nitrogens with one attached hydrogen (secondary N) is 2. The van der Waals surface area contributed by atoms with Crippen molar-refractivity contribution in [3.63, 3.8) is 0 Å². The van der Waals surface area contributed by atoms with E-state index in [0.717, 1.165) is 6.42 Å². The summed E-state index contributed by atoms with van der Waals surface area (Å²) in [4.78, 5) is 12.3. The Kier molecular flexibility index (Phi) is 5.81. The quantitative estimate of drug-likeness (QED) is 0.869. The molecule has 122 valence electrons. The van der Waals surface area contributed by atoms with E-state index in [1.165, 1.54) is 31.0 Å². The Morgan fingerprint density at radius 2 is 2.09 bits per heavy atom. The minimum Gasteiger partial charge on any atom is -0.323 e. The Morgan fingerprint density at radius 3 is 2.77 bits per heavy atom. The highest BCUT2D eigenvalue weighted by molar-refractivity contribution is 6.33. The summed E-state index contributed by atoms with van der Waals surface area (Å²) >= 11 is 5.94. The van der Waals surface area contributed by atoms with Gasteiger partial charge in [0, 0.05) is 6.04 Å². The van der Waals surface area contributed by atoms with Crippen molar-refractivity contribution in [1.29, 1.82) is 0 Å². The van der Waals surface area contributed by atoms with Crippen molar-refractivity contribution in [3.8, 4) is 0 Å². The standard InChI is InChI=1S/C17H24ClFN2O/c1-10-5-4-6-15(11(10)2)20-12(3)17(22)21-16-8-7-13(19)9-14(16)18/h7-12,15,20H,4-6H2,1-3H3,(H,21,22)/t10-,11-,12+,15+/m1/s1. The summed E-state index contributed by atoms with van der Waals surface area (Å²) < 4.78 is 13.0. The van der Waals surface area contributed by atoms with E-state index < -0.39 is 5.82 Å². The zero-order valence-electron chi connectivity index (χ0n) is 13.3. The first-order valence-corrected chi connectivity index (χ1v) is 8.28. The molecule has 1 aromatic carbocycles. The van der Waals surface area contributed by atoms with Gasteiger partial charge in [-0.25, -0.2) is 4.39 Å². The van der Waals surface area contributed by atoms with Crippen molar-refractivity contribution < 1.29 is 9.18 Å². The van der Waals surface area contributed by atoms with Crippen LogP contribution in [0.25, 0.3) is 0 Å². The Morgan fingerprint density at radius 1 is 1.36 bits per heavy atom. The molecule has 2 rings (SSSR count). The minimum absolute atomic E-state index is 0.154. The van der Waals surface area contributed by atoms with Gasteiger partial charge < -0.3 is 10.6 Å². The smallest absolute Gasteiger partial charge is 0.241 e. The average molecular weight is 327 g/mol. The lowest BCUT2D eigenvalue weighted by atomic mass is 9.78. The van der Waals surface area contributed by atoms with Gasteiger partial charge >= 0.3 is 0 Å². The summed E-state index contributed by atoms with van der Waals surface area (Å²) in [6, 6.07) is 3.99. The highest BCUT2D eigenvalue weighted by atomic mass is 35.5. The van der Waals surface area contributed by atoms with Gasteiger partial charge in [0.25, 0.3) is 0 Å². The van der Waals surface area contributed by atoms with Gasteiger partial charge in [-0.1, -0.05) is 38.3 Å². The molecule has 0 aromatic heterocycles. The Bertz CT molecular complexity index is 537. The van der Waals surface area contributed by atoms with E-state index in [4.69, 9.17) is 11.6 Å². The van der Waals surface area contributed by atoms with Gasteiger partial charge in [-0.3, -0.25) is 4.79 Å². The molecule has 1 aliphatic carbocycles. The summed E-state index contributed by atoms with van der Waals surface area (Å²) in [7, 11) is 0. The monoisotopic (exact) mass is 326 g/mol. The number of carbonyl (C=O) groups is 1. The summed E-state index contributed by atoms with van der Waals surface area (Å²) in [5, 5.41) is 6.38. The fraction of sp³-hybridized carbons (Fsp3) is 0.588. The van der Waals surface area contributed by atoms with Crippen molar-refractivity contribution >= 4 is 23.2 Å². The predicted molar refractivity (Wildman–Crippen MR) is 88.6 cm³/mol. The van der Waals surface area contributed by atoms with Gasteiger partial charge in [-0.2, -0.15) is 0 Å². The molecule has 0 aliphatic heterocycles. The van der Waals surface area contributed by atoms with Gasteiger partial charge in [0.2, 0.25) is 5.91 Å². The molecule has 0 unspecified atom stereocenters. The Balaban J connectivity index is 1.94. The maximum atomic E-state index is 13.0. The Hall–Kier alpha value is -1.13. The van der Waals surface area contributed by atoms with Crippen LogP contribution in [0.2, 0.25) is 5.02 Å². The van der Waals surface area contributed by atoms with E-state index in [-0.39, 0.29) is 17.0 Å². The first-order chi connectivity index (χ1) is 10.4. The van der Waals surface area contributed by atoms with Gasteiger partial charge in [-0.05, 0) is 43.4 Å². The predicted octanol–water partition coefficient (Wildman–Crippen LogP) is 4.22. The van der Waals surface area contributed by atoms with Crippen molar-refractivity contribution in [1.82, 2.24) is 5.32 Å². The summed E-state index contributed by atoms with van der Waals surface area (Å²) in [6.07, 6.45) is 3.55. The number of halogens is 2. The third-order valence-electron chi connectivity index (χ3n) is 4.75. The third-order valence-corrected chi connectivity index (χ3v) is 5.07. The van der Waals surface area contributed by atoms with Crippen molar-refractivity contribution in [2.75, 3.05) is 5.32 Å². The van der Waals surface area contributed by atoms with Crippen molar-refractivity contribution in [2.24, 2.45) is 11.8 Å². The van der Waals surface area contributed by atoms with Crippen LogP contribution >= 0.6 is 11.6 Å². The minimum atomic E-state index is -0.417. The van der Waals surface area contributed by atoms with E-state index in [2.05, 4.69) is 24.5 Å². The van der Waals surface area contributed by atoms with Crippen LogP contribution in [0.5, 0.6) is 0 Å². The van der Waals surface area contributed by atoms with Crippen LogP contribution in [0.1, 0.15) is 40.0 Å². The molecule has 0 heterocycles.